The maximum Gasteiger partial charge on any atom is 0.408 e. The average Bonchev–Trinajstić information content (AvgIpc) is 2.48. The van der Waals surface area contributed by atoms with Crippen LogP contribution < -0.4 is 5.32 Å². The number of Topliss-reactive ketones (excluding diaryl/α,β-unsaturated/α-hetero) is 1. The Balaban J connectivity index is 2.37. The molecule has 2 rings (SSSR count). The quantitative estimate of drug-likeness (QED) is 0.827. The summed E-state index contributed by atoms with van der Waals surface area (Å²) in [5.74, 6) is -1.67. The van der Waals surface area contributed by atoms with Gasteiger partial charge in [-0.3, -0.25) is 4.79 Å². The Kier molecular flexibility index (Phi) is 5.57. The van der Waals surface area contributed by atoms with Crippen molar-refractivity contribution in [1.29, 1.82) is 0 Å². The predicted molar refractivity (Wildman–Crippen MR) is 87.0 cm³/mol. The minimum absolute atomic E-state index is 0.0760. The van der Waals surface area contributed by atoms with Crippen LogP contribution in [0.3, 0.4) is 0 Å². The van der Waals surface area contributed by atoms with Crippen LogP contribution in [0, 0.1) is 11.6 Å². The Morgan fingerprint density at radius 3 is 2.64 bits per heavy atom. The predicted octanol–water partition coefficient (Wildman–Crippen LogP) is 3.44. The molecule has 1 saturated heterocycles. The SMILES string of the molecule is CC=C1C(=O)CO[C@H](c2cc(F)ccc2F)[C@H]1NC(=O)OC(C)(C)C. The van der Waals surface area contributed by atoms with Crippen molar-refractivity contribution in [3.8, 4) is 0 Å². The van der Waals surface area contributed by atoms with E-state index in [0.717, 1.165) is 18.2 Å². The zero-order valence-electron chi connectivity index (χ0n) is 14.6. The second-order valence-electron chi connectivity index (χ2n) is 6.69. The Labute approximate surface area is 145 Å². The number of ketones is 1. The highest BCUT2D eigenvalue weighted by atomic mass is 19.1. The van der Waals surface area contributed by atoms with Gasteiger partial charge in [-0.15, -0.1) is 0 Å². The summed E-state index contributed by atoms with van der Waals surface area (Å²) in [5.41, 5.74) is -0.571. The highest BCUT2D eigenvalue weighted by molar-refractivity contribution is 5.99. The van der Waals surface area contributed by atoms with E-state index < -0.39 is 35.5 Å². The molecule has 0 aromatic heterocycles. The molecule has 1 heterocycles. The van der Waals surface area contributed by atoms with Gasteiger partial charge in [0.15, 0.2) is 5.78 Å². The van der Waals surface area contributed by atoms with Crippen LogP contribution in [0.2, 0.25) is 0 Å². The summed E-state index contributed by atoms with van der Waals surface area (Å²) in [7, 11) is 0. The third-order valence-corrected chi connectivity index (χ3v) is 3.60. The summed E-state index contributed by atoms with van der Waals surface area (Å²) in [5, 5.41) is 2.54. The molecule has 1 aliphatic rings. The number of amides is 1. The highest BCUT2D eigenvalue weighted by Crippen LogP contribution is 2.32. The van der Waals surface area contributed by atoms with Crippen LogP contribution in [0.4, 0.5) is 13.6 Å². The molecule has 1 fully saturated rings. The number of ether oxygens (including phenoxy) is 2. The summed E-state index contributed by atoms with van der Waals surface area (Å²) in [6, 6.07) is 1.97. The van der Waals surface area contributed by atoms with Crippen LogP contribution in [0.15, 0.2) is 29.8 Å². The van der Waals surface area contributed by atoms with E-state index in [0.29, 0.717) is 0 Å². The van der Waals surface area contributed by atoms with Gasteiger partial charge in [-0.1, -0.05) is 6.08 Å². The van der Waals surface area contributed by atoms with Crippen molar-refractivity contribution in [3.63, 3.8) is 0 Å². The van der Waals surface area contributed by atoms with Gasteiger partial charge < -0.3 is 14.8 Å². The molecule has 7 heteroatoms. The van der Waals surface area contributed by atoms with Crippen LogP contribution >= 0.6 is 0 Å². The molecule has 1 aromatic carbocycles. The van der Waals surface area contributed by atoms with E-state index in [1.54, 1.807) is 27.7 Å². The number of benzene rings is 1. The van der Waals surface area contributed by atoms with E-state index in [9.17, 15) is 18.4 Å². The zero-order valence-corrected chi connectivity index (χ0v) is 14.6. The fraction of sp³-hybridized carbons (Fsp3) is 0.444. The molecule has 1 amide bonds. The van der Waals surface area contributed by atoms with E-state index in [-0.39, 0.29) is 23.5 Å². The van der Waals surface area contributed by atoms with Crippen molar-refractivity contribution < 1.29 is 27.8 Å². The molecule has 0 unspecified atom stereocenters. The van der Waals surface area contributed by atoms with Gasteiger partial charge in [0.05, 0.1) is 6.04 Å². The number of alkyl carbamates (subject to hydrolysis) is 1. The second kappa shape index (κ2) is 7.31. The first-order valence-corrected chi connectivity index (χ1v) is 7.88. The van der Waals surface area contributed by atoms with E-state index in [4.69, 9.17) is 9.47 Å². The Morgan fingerprint density at radius 1 is 1.36 bits per heavy atom. The lowest BCUT2D eigenvalue weighted by Crippen LogP contribution is -2.49. The van der Waals surface area contributed by atoms with Crippen molar-refractivity contribution in [2.45, 2.75) is 45.4 Å². The molecule has 1 aliphatic heterocycles. The number of nitrogens with one attached hydrogen (secondary N) is 1. The summed E-state index contributed by atoms with van der Waals surface area (Å²) in [4.78, 5) is 24.2. The largest absolute Gasteiger partial charge is 0.444 e. The number of halogens is 2. The smallest absolute Gasteiger partial charge is 0.408 e. The first-order valence-electron chi connectivity index (χ1n) is 7.88. The number of carbonyl (C=O) groups excluding carboxylic acids is 2. The van der Waals surface area contributed by atoms with Crippen LogP contribution in [-0.2, 0) is 14.3 Å². The van der Waals surface area contributed by atoms with E-state index >= 15 is 0 Å². The highest BCUT2D eigenvalue weighted by Gasteiger charge is 2.38. The first-order chi connectivity index (χ1) is 11.6. The third kappa shape index (κ3) is 4.63. The lowest BCUT2D eigenvalue weighted by atomic mass is 9.90. The fourth-order valence-electron chi connectivity index (χ4n) is 2.61. The van der Waals surface area contributed by atoms with Gasteiger partial charge in [-0.2, -0.15) is 0 Å². The number of allylic oxidation sites excluding steroid dienone is 1. The van der Waals surface area contributed by atoms with Gasteiger partial charge in [0, 0.05) is 11.1 Å². The van der Waals surface area contributed by atoms with E-state index in [1.165, 1.54) is 6.08 Å². The van der Waals surface area contributed by atoms with Crippen molar-refractivity contribution >= 4 is 11.9 Å². The molecular formula is C18H21F2NO4. The van der Waals surface area contributed by atoms with Crippen molar-refractivity contribution in [2.75, 3.05) is 6.61 Å². The Morgan fingerprint density at radius 2 is 2.04 bits per heavy atom. The van der Waals surface area contributed by atoms with E-state index in [2.05, 4.69) is 5.32 Å². The number of hydrogen-bond donors (Lipinski definition) is 1. The van der Waals surface area contributed by atoms with Crippen LogP contribution in [0.5, 0.6) is 0 Å². The Hall–Kier alpha value is -2.28. The number of rotatable bonds is 2. The van der Waals surface area contributed by atoms with Crippen LogP contribution in [0.1, 0.15) is 39.4 Å². The normalized spacial score (nSPS) is 22.8. The molecular weight excluding hydrogens is 332 g/mol. The van der Waals surface area contributed by atoms with Gasteiger partial charge in [-0.05, 0) is 45.9 Å². The molecule has 25 heavy (non-hydrogen) atoms. The van der Waals surface area contributed by atoms with Gasteiger partial charge in [0.1, 0.15) is 29.9 Å². The molecule has 0 aliphatic carbocycles. The lowest BCUT2D eigenvalue weighted by molar-refractivity contribution is -0.127. The van der Waals surface area contributed by atoms with E-state index in [1.807, 2.05) is 0 Å². The number of carbonyl (C=O) groups is 2. The summed E-state index contributed by atoms with van der Waals surface area (Å²) < 4.78 is 38.3. The lowest BCUT2D eigenvalue weighted by Gasteiger charge is -2.34. The van der Waals surface area contributed by atoms with Crippen molar-refractivity contribution in [3.05, 3.63) is 47.0 Å². The summed E-state index contributed by atoms with van der Waals surface area (Å²) in [6.45, 7) is 6.41. The molecule has 5 nitrogen and oxygen atoms in total. The van der Waals surface area contributed by atoms with Crippen molar-refractivity contribution in [1.82, 2.24) is 5.32 Å². The standard InChI is InChI=1S/C18H21F2NO4/c1-5-11-14(22)9-24-16(12-8-10(19)6-7-13(12)20)15(11)21-17(23)25-18(2,3)4/h5-8,15-16H,9H2,1-4H3,(H,21,23)/t15-,16+/m0/s1. The minimum Gasteiger partial charge on any atom is -0.444 e. The summed E-state index contributed by atoms with van der Waals surface area (Å²) in [6.07, 6.45) is -0.305. The van der Waals surface area contributed by atoms with Gasteiger partial charge in [0.2, 0.25) is 0 Å². The maximum atomic E-state index is 14.2. The van der Waals surface area contributed by atoms with Crippen molar-refractivity contribution in [2.24, 2.45) is 0 Å². The van der Waals surface area contributed by atoms with Gasteiger partial charge in [0.25, 0.3) is 0 Å². The van der Waals surface area contributed by atoms with Gasteiger partial charge >= 0.3 is 6.09 Å². The molecule has 136 valence electrons. The minimum atomic E-state index is -1.05. The zero-order chi connectivity index (χ0) is 18.8. The average molecular weight is 353 g/mol. The van der Waals surface area contributed by atoms with Crippen LogP contribution in [-0.4, -0.2) is 30.1 Å². The maximum absolute atomic E-state index is 14.2. The molecule has 0 saturated carbocycles. The molecule has 1 N–H and O–H groups in total. The topological polar surface area (TPSA) is 64.6 Å². The monoisotopic (exact) mass is 353 g/mol. The molecule has 1 aromatic rings. The molecule has 2 atom stereocenters. The number of hydrogen-bond acceptors (Lipinski definition) is 4. The second-order valence-corrected chi connectivity index (χ2v) is 6.69. The molecule has 0 bridgehead atoms. The first kappa shape index (κ1) is 19.1. The fourth-order valence-corrected chi connectivity index (χ4v) is 2.61. The third-order valence-electron chi connectivity index (χ3n) is 3.60. The van der Waals surface area contributed by atoms with Gasteiger partial charge in [-0.25, -0.2) is 13.6 Å². The van der Waals surface area contributed by atoms with Crippen LogP contribution in [0.25, 0.3) is 0 Å². The Bertz CT molecular complexity index is 710. The summed E-state index contributed by atoms with van der Waals surface area (Å²) >= 11 is 0. The molecule has 0 radical (unpaired) electrons. The molecule has 0 spiro atoms.